The lowest BCUT2D eigenvalue weighted by atomic mass is 10.1. The monoisotopic (exact) mass is 569 g/mol. The van der Waals surface area contributed by atoms with Gasteiger partial charge in [-0.2, -0.15) is 24.9 Å². The molecule has 2 aromatic heterocycles. The summed E-state index contributed by atoms with van der Waals surface area (Å²) in [4.78, 5) is 16.8. The molecule has 0 spiro atoms. The lowest BCUT2D eigenvalue weighted by molar-refractivity contribution is -0.404. The number of halogens is 3. The van der Waals surface area contributed by atoms with E-state index in [1.807, 2.05) is 31.1 Å². The number of aromatic nitrogens is 1. The molecule has 0 aliphatic heterocycles. The molecule has 0 fully saturated rings. The second-order valence-corrected chi connectivity index (χ2v) is 10.8. The molecule has 2 heterocycles. The van der Waals surface area contributed by atoms with Crippen molar-refractivity contribution in [3.8, 4) is 0 Å². The molecule has 0 saturated heterocycles. The first-order valence-corrected chi connectivity index (χ1v) is 14.0. The van der Waals surface area contributed by atoms with Crippen molar-refractivity contribution in [2.75, 3.05) is 38.7 Å². The van der Waals surface area contributed by atoms with Crippen molar-refractivity contribution in [3.05, 3.63) is 81.7 Å². The number of rotatable bonds is 15. The zero-order valence-corrected chi connectivity index (χ0v) is 22.7. The predicted octanol–water partition coefficient (Wildman–Crippen LogP) is 5.58. The van der Waals surface area contributed by atoms with E-state index in [0.717, 1.165) is 42.2 Å². The van der Waals surface area contributed by atoms with Gasteiger partial charge < -0.3 is 20.0 Å². The molecule has 38 heavy (non-hydrogen) atoms. The highest BCUT2D eigenvalue weighted by Gasteiger charge is 2.30. The molecule has 0 radical (unpaired) electrons. The smallest absolute Gasteiger partial charge is 0.416 e. The lowest BCUT2D eigenvalue weighted by Gasteiger charge is -2.11. The quantitative estimate of drug-likeness (QED) is 0.105. The first-order chi connectivity index (χ1) is 18.1. The summed E-state index contributed by atoms with van der Waals surface area (Å²) < 4.78 is 44.7. The Kier molecular flexibility index (Phi) is 11.2. The summed E-state index contributed by atoms with van der Waals surface area (Å²) in [5, 5.41) is 18.3. The molecule has 8 nitrogen and oxygen atoms in total. The fraction of sp³-hybridized carbons (Fsp3) is 0.400. The van der Waals surface area contributed by atoms with E-state index in [9.17, 15) is 23.3 Å². The maximum absolute atomic E-state index is 13.0. The molecular weight excluding hydrogens is 539 g/mol. The van der Waals surface area contributed by atoms with Gasteiger partial charge in [0, 0.05) is 30.0 Å². The summed E-state index contributed by atoms with van der Waals surface area (Å²) in [5.41, 5.74) is -0.433. The Labute approximate surface area is 227 Å². The molecule has 0 atom stereocenters. The molecule has 0 amide bonds. The van der Waals surface area contributed by atoms with Crippen molar-refractivity contribution in [2.45, 2.75) is 29.9 Å². The molecule has 0 bridgehead atoms. The van der Waals surface area contributed by atoms with E-state index in [4.69, 9.17) is 4.42 Å². The van der Waals surface area contributed by atoms with Gasteiger partial charge in [-0.25, -0.2) is 4.98 Å². The Hall–Kier alpha value is -2.90. The zero-order chi connectivity index (χ0) is 27.5. The van der Waals surface area contributed by atoms with Gasteiger partial charge in [0.1, 0.15) is 11.5 Å². The largest absolute Gasteiger partial charge is 0.464 e. The Bertz CT molecular complexity index is 1230. The van der Waals surface area contributed by atoms with Gasteiger partial charge in [0.05, 0.1) is 33.3 Å². The summed E-state index contributed by atoms with van der Waals surface area (Å²) in [6, 6.07) is 11.0. The van der Waals surface area contributed by atoms with Crippen LogP contribution in [0, 0.1) is 10.1 Å². The van der Waals surface area contributed by atoms with E-state index in [-0.39, 0.29) is 0 Å². The summed E-state index contributed by atoms with van der Waals surface area (Å²) in [6.45, 7) is 1.77. The van der Waals surface area contributed by atoms with Crippen LogP contribution in [0.1, 0.15) is 23.5 Å². The van der Waals surface area contributed by atoms with Crippen LogP contribution in [0.2, 0.25) is 0 Å². The average Bonchev–Trinajstić information content (AvgIpc) is 3.28. The van der Waals surface area contributed by atoms with Gasteiger partial charge in [0.25, 0.3) is 6.20 Å². The number of thioether (sulfide) groups is 2. The summed E-state index contributed by atoms with van der Waals surface area (Å²) in [5.74, 6) is 4.23. The number of alkyl halides is 3. The van der Waals surface area contributed by atoms with Gasteiger partial charge in [-0.3, -0.25) is 10.1 Å². The second kappa shape index (κ2) is 14.3. The Morgan fingerprint density at radius 3 is 2.58 bits per heavy atom. The van der Waals surface area contributed by atoms with Crippen molar-refractivity contribution in [2.24, 2.45) is 0 Å². The number of fused-ring (bicyclic) bond motifs is 1. The predicted molar refractivity (Wildman–Crippen MR) is 145 cm³/mol. The highest BCUT2D eigenvalue weighted by Crippen LogP contribution is 2.31. The van der Waals surface area contributed by atoms with Crippen molar-refractivity contribution in [3.63, 3.8) is 0 Å². The number of nitrogens with one attached hydrogen (secondary N) is 2. The zero-order valence-electron chi connectivity index (χ0n) is 21.1. The van der Waals surface area contributed by atoms with Crippen LogP contribution in [0.3, 0.4) is 0 Å². The minimum atomic E-state index is -4.42. The van der Waals surface area contributed by atoms with Crippen LogP contribution in [-0.4, -0.2) is 53.5 Å². The molecule has 206 valence electrons. The third kappa shape index (κ3) is 10.1. The Balaban J connectivity index is 1.37. The fourth-order valence-corrected chi connectivity index (χ4v) is 4.99. The Morgan fingerprint density at radius 1 is 1.11 bits per heavy atom. The highest BCUT2D eigenvalue weighted by atomic mass is 32.2. The summed E-state index contributed by atoms with van der Waals surface area (Å²) in [6.07, 6.45) is -2.84. The molecule has 2 N–H and O–H groups in total. The third-order valence-corrected chi connectivity index (χ3v) is 7.11. The molecule has 0 unspecified atom stereocenters. The van der Waals surface area contributed by atoms with Gasteiger partial charge in [0.15, 0.2) is 5.82 Å². The number of pyridine rings is 1. The van der Waals surface area contributed by atoms with E-state index in [0.29, 0.717) is 52.8 Å². The SMILES string of the molecule is CN(C)Cc1ccc(CSCCNC(=C[N+](=O)[O-])NCCCSc2ccc3ccc(C(F)(F)F)cc3n2)o1. The van der Waals surface area contributed by atoms with E-state index in [1.54, 1.807) is 23.9 Å². The summed E-state index contributed by atoms with van der Waals surface area (Å²) >= 11 is 3.08. The van der Waals surface area contributed by atoms with Gasteiger partial charge in [-0.15, -0.1) is 11.8 Å². The number of nitro groups is 1. The van der Waals surface area contributed by atoms with Crippen LogP contribution in [-0.2, 0) is 18.5 Å². The van der Waals surface area contributed by atoms with Crippen molar-refractivity contribution < 1.29 is 22.5 Å². The van der Waals surface area contributed by atoms with Gasteiger partial charge >= 0.3 is 6.18 Å². The van der Waals surface area contributed by atoms with E-state index >= 15 is 0 Å². The van der Waals surface area contributed by atoms with E-state index in [2.05, 4.69) is 15.6 Å². The molecule has 1 aromatic carbocycles. The van der Waals surface area contributed by atoms with Crippen LogP contribution in [0.5, 0.6) is 0 Å². The number of hydrogen-bond acceptors (Lipinski definition) is 9. The first-order valence-electron chi connectivity index (χ1n) is 11.8. The normalized spacial score (nSPS) is 12.3. The number of benzene rings is 1. The fourth-order valence-electron chi connectivity index (χ4n) is 3.41. The van der Waals surface area contributed by atoms with Crippen molar-refractivity contribution in [1.82, 2.24) is 20.5 Å². The van der Waals surface area contributed by atoms with Crippen LogP contribution in [0.4, 0.5) is 13.2 Å². The number of hydrogen-bond donors (Lipinski definition) is 2. The van der Waals surface area contributed by atoms with Gasteiger partial charge in [0.2, 0.25) is 0 Å². The molecule has 0 aliphatic carbocycles. The van der Waals surface area contributed by atoms with Gasteiger partial charge in [-0.05, 0) is 50.8 Å². The minimum absolute atomic E-state index is 0.294. The highest BCUT2D eigenvalue weighted by molar-refractivity contribution is 7.99. The molecule has 3 rings (SSSR count). The van der Waals surface area contributed by atoms with Crippen LogP contribution < -0.4 is 10.6 Å². The molecule has 0 saturated carbocycles. The van der Waals surface area contributed by atoms with Crippen LogP contribution in [0.25, 0.3) is 10.9 Å². The standard InChI is InChI=1S/C25H30F3N5O3S2/c1-32(2)15-20-7-8-21(36-20)17-37-13-11-30-23(16-33(34)35)29-10-3-12-38-24-9-5-18-4-6-19(25(26,27)28)14-22(18)31-24/h4-9,14,16,29-30H,3,10-13,15,17H2,1-2H3. The van der Waals surface area contributed by atoms with E-state index in [1.165, 1.54) is 17.8 Å². The maximum atomic E-state index is 13.0. The average molecular weight is 570 g/mol. The lowest BCUT2D eigenvalue weighted by Crippen LogP contribution is -2.29. The van der Waals surface area contributed by atoms with Gasteiger partial charge in [-0.1, -0.05) is 12.1 Å². The number of nitrogens with zero attached hydrogens (tertiary/aromatic N) is 3. The molecule has 13 heteroatoms. The van der Waals surface area contributed by atoms with Crippen LogP contribution in [0.15, 0.2) is 63.9 Å². The molecular formula is C25H30F3N5O3S2. The maximum Gasteiger partial charge on any atom is 0.416 e. The van der Waals surface area contributed by atoms with Crippen molar-refractivity contribution in [1.29, 1.82) is 0 Å². The first kappa shape index (κ1) is 29.7. The topological polar surface area (TPSA) is 96.5 Å². The second-order valence-electron chi connectivity index (χ2n) is 8.60. The Morgan fingerprint density at radius 2 is 1.84 bits per heavy atom. The molecule has 0 aliphatic rings. The number of furan rings is 1. The van der Waals surface area contributed by atoms with Crippen molar-refractivity contribution >= 4 is 34.4 Å². The van der Waals surface area contributed by atoms with E-state index < -0.39 is 16.7 Å². The summed E-state index contributed by atoms with van der Waals surface area (Å²) in [7, 11) is 3.96. The van der Waals surface area contributed by atoms with Crippen LogP contribution >= 0.6 is 23.5 Å². The minimum Gasteiger partial charge on any atom is -0.464 e. The molecule has 3 aromatic rings. The third-order valence-electron chi connectivity index (χ3n) is 5.11.